The molecule has 4 nitrogen and oxygen atoms in total. The van der Waals surface area contributed by atoms with Gasteiger partial charge in [-0.1, -0.05) is 18.2 Å². The molecule has 120 valence electrons. The second-order valence-electron chi connectivity index (χ2n) is 5.35. The zero-order chi connectivity index (χ0) is 16.3. The number of halogens is 3. The van der Waals surface area contributed by atoms with Crippen molar-refractivity contribution in [3.05, 3.63) is 36.0 Å². The van der Waals surface area contributed by atoms with E-state index in [1.54, 1.807) is 18.3 Å². The van der Waals surface area contributed by atoms with E-state index in [1.165, 1.54) is 0 Å². The van der Waals surface area contributed by atoms with Crippen molar-refractivity contribution < 1.29 is 18.0 Å². The van der Waals surface area contributed by atoms with Crippen molar-refractivity contribution in [1.82, 2.24) is 14.8 Å². The zero-order valence-corrected chi connectivity index (χ0v) is 12.4. The maximum atomic E-state index is 12.2. The number of aromatic nitrogens is 1. The van der Waals surface area contributed by atoms with Crippen LogP contribution in [-0.2, 0) is 6.54 Å². The Labute approximate surface area is 126 Å². The minimum absolute atomic E-state index is 0.263. The number of likely N-dealkylation sites (N-methyl/N-ethyl adjacent to an activating group) is 1. The quantitative estimate of drug-likeness (QED) is 0.921. The molecular formula is C15H18F3N3O. The van der Waals surface area contributed by atoms with E-state index in [9.17, 15) is 18.0 Å². The normalized spacial score (nSPS) is 12.1. The van der Waals surface area contributed by atoms with Crippen LogP contribution in [0.3, 0.4) is 0 Å². The first-order valence-corrected chi connectivity index (χ1v) is 6.85. The van der Waals surface area contributed by atoms with E-state index in [1.807, 2.05) is 41.0 Å². The summed E-state index contributed by atoms with van der Waals surface area (Å²) in [5.74, 6) is -0.711. The van der Waals surface area contributed by atoms with E-state index in [0.717, 1.165) is 12.1 Å². The fourth-order valence-electron chi connectivity index (χ4n) is 2.20. The Bertz CT molecular complexity index is 662. The van der Waals surface area contributed by atoms with Gasteiger partial charge in [0.2, 0.25) is 0 Å². The summed E-state index contributed by atoms with van der Waals surface area (Å²) in [6.45, 7) is 0.0887. The molecule has 0 saturated carbocycles. The molecule has 0 aliphatic rings. The van der Waals surface area contributed by atoms with Crippen LogP contribution in [0.2, 0.25) is 0 Å². The van der Waals surface area contributed by atoms with Gasteiger partial charge >= 0.3 is 6.18 Å². The third kappa shape index (κ3) is 4.00. The summed E-state index contributed by atoms with van der Waals surface area (Å²) in [7, 11) is 3.87. The number of rotatable bonds is 5. The Morgan fingerprint density at radius 1 is 1.27 bits per heavy atom. The Morgan fingerprint density at radius 2 is 1.95 bits per heavy atom. The van der Waals surface area contributed by atoms with E-state index in [0.29, 0.717) is 11.9 Å². The first-order chi connectivity index (χ1) is 10.3. The summed E-state index contributed by atoms with van der Waals surface area (Å²) in [4.78, 5) is 14.0. The molecule has 2 aromatic rings. The number of alkyl halides is 3. The van der Waals surface area contributed by atoms with Gasteiger partial charge in [0.25, 0.3) is 5.91 Å². The number of nitrogens with one attached hydrogen (secondary N) is 1. The number of amides is 1. The summed E-state index contributed by atoms with van der Waals surface area (Å²) in [5.41, 5.74) is 1.10. The predicted octanol–water partition coefficient (Wildman–Crippen LogP) is 2.50. The van der Waals surface area contributed by atoms with Crippen LogP contribution in [0.15, 0.2) is 30.5 Å². The number of nitrogens with zero attached hydrogens (tertiary/aromatic N) is 2. The molecule has 1 heterocycles. The first kappa shape index (κ1) is 16.4. The van der Waals surface area contributed by atoms with E-state index >= 15 is 0 Å². The largest absolute Gasteiger partial charge is 0.405 e. The molecule has 2 rings (SSSR count). The van der Waals surface area contributed by atoms with Gasteiger partial charge in [0.05, 0.1) is 5.56 Å². The predicted molar refractivity (Wildman–Crippen MR) is 78.9 cm³/mol. The van der Waals surface area contributed by atoms with Gasteiger partial charge in [-0.3, -0.25) is 4.79 Å². The number of hydrogen-bond acceptors (Lipinski definition) is 2. The molecule has 1 N–H and O–H groups in total. The molecule has 0 atom stereocenters. The van der Waals surface area contributed by atoms with Crippen LogP contribution in [-0.4, -0.2) is 48.7 Å². The van der Waals surface area contributed by atoms with E-state index < -0.39 is 18.6 Å². The SMILES string of the molecule is CN(C)CCn1cc(C(=O)NCC(F)(F)F)c2ccccc21. The topological polar surface area (TPSA) is 37.3 Å². The van der Waals surface area contributed by atoms with Gasteiger partial charge in [0, 0.05) is 30.2 Å². The highest BCUT2D eigenvalue weighted by Crippen LogP contribution is 2.22. The third-order valence-corrected chi connectivity index (χ3v) is 3.27. The monoisotopic (exact) mass is 313 g/mol. The van der Waals surface area contributed by atoms with Gasteiger partial charge in [-0.05, 0) is 20.2 Å². The zero-order valence-electron chi connectivity index (χ0n) is 12.4. The molecule has 22 heavy (non-hydrogen) atoms. The minimum Gasteiger partial charge on any atom is -0.345 e. The average Bonchev–Trinajstić information content (AvgIpc) is 2.81. The van der Waals surface area contributed by atoms with Crippen LogP contribution < -0.4 is 5.32 Å². The van der Waals surface area contributed by atoms with Gasteiger partial charge in [0.1, 0.15) is 6.54 Å². The lowest BCUT2D eigenvalue weighted by molar-refractivity contribution is -0.123. The van der Waals surface area contributed by atoms with Gasteiger partial charge < -0.3 is 14.8 Å². The summed E-state index contributed by atoms with van der Waals surface area (Å²) in [5, 5.41) is 2.58. The number of carbonyl (C=O) groups is 1. The van der Waals surface area contributed by atoms with Crippen LogP contribution in [0.4, 0.5) is 13.2 Å². The van der Waals surface area contributed by atoms with Crippen molar-refractivity contribution in [3.8, 4) is 0 Å². The van der Waals surface area contributed by atoms with E-state index in [2.05, 4.69) is 0 Å². The van der Waals surface area contributed by atoms with E-state index in [-0.39, 0.29) is 5.56 Å². The molecule has 0 spiro atoms. The van der Waals surface area contributed by atoms with Crippen molar-refractivity contribution >= 4 is 16.8 Å². The summed E-state index contributed by atoms with van der Waals surface area (Å²) >= 11 is 0. The average molecular weight is 313 g/mol. The fraction of sp³-hybridized carbons (Fsp3) is 0.400. The van der Waals surface area contributed by atoms with Crippen molar-refractivity contribution in [2.75, 3.05) is 27.2 Å². The molecule has 1 aromatic heterocycles. The van der Waals surface area contributed by atoms with Crippen LogP contribution in [0.5, 0.6) is 0 Å². The van der Waals surface area contributed by atoms with Gasteiger partial charge in [-0.15, -0.1) is 0 Å². The molecule has 0 fully saturated rings. The van der Waals surface area contributed by atoms with Gasteiger partial charge in [-0.2, -0.15) is 13.2 Å². The van der Waals surface area contributed by atoms with Crippen LogP contribution in [0.25, 0.3) is 10.9 Å². The van der Waals surface area contributed by atoms with Crippen molar-refractivity contribution in [1.29, 1.82) is 0 Å². The van der Waals surface area contributed by atoms with E-state index in [4.69, 9.17) is 0 Å². The highest BCUT2D eigenvalue weighted by atomic mass is 19.4. The molecular weight excluding hydrogens is 295 g/mol. The number of para-hydroxylation sites is 1. The Morgan fingerprint density at radius 3 is 2.59 bits per heavy atom. The number of fused-ring (bicyclic) bond motifs is 1. The Kier molecular flexibility index (Phi) is 4.75. The Hall–Kier alpha value is -2.02. The van der Waals surface area contributed by atoms with Gasteiger partial charge in [0.15, 0.2) is 0 Å². The molecule has 0 radical (unpaired) electrons. The molecule has 0 aliphatic carbocycles. The van der Waals surface area contributed by atoms with Crippen LogP contribution >= 0.6 is 0 Å². The molecule has 0 aliphatic heterocycles. The molecule has 1 aromatic carbocycles. The smallest absolute Gasteiger partial charge is 0.345 e. The minimum atomic E-state index is -4.42. The lowest BCUT2D eigenvalue weighted by atomic mass is 10.1. The van der Waals surface area contributed by atoms with Crippen LogP contribution in [0, 0.1) is 0 Å². The lowest BCUT2D eigenvalue weighted by Gasteiger charge is -2.10. The highest BCUT2D eigenvalue weighted by molar-refractivity contribution is 6.07. The molecule has 0 bridgehead atoms. The second-order valence-corrected chi connectivity index (χ2v) is 5.35. The molecule has 0 unspecified atom stereocenters. The third-order valence-electron chi connectivity index (χ3n) is 3.27. The highest BCUT2D eigenvalue weighted by Gasteiger charge is 2.28. The molecule has 1 amide bonds. The molecule has 7 heteroatoms. The van der Waals surface area contributed by atoms with Crippen molar-refractivity contribution in [3.63, 3.8) is 0 Å². The molecule has 0 saturated heterocycles. The van der Waals surface area contributed by atoms with Gasteiger partial charge in [-0.25, -0.2) is 0 Å². The summed E-state index contributed by atoms with van der Waals surface area (Å²) in [6.07, 6.45) is -2.81. The second kappa shape index (κ2) is 6.39. The van der Waals surface area contributed by atoms with Crippen LogP contribution in [0.1, 0.15) is 10.4 Å². The van der Waals surface area contributed by atoms with Crippen molar-refractivity contribution in [2.45, 2.75) is 12.7 Å². The standard InChI is InChI=1S/C15H18F3N3O/c1-20(2)7-8-21-9-12(11-5-3-4-6-13(11)21)14(22)19-10-15(16,17)18/h3-6,9H,7-8,10H2,1-2H3,(H,19,22). The number of hydrogen-bond donors (Lipinski definition) is 1. The lowest BCUT2D eigenvalue weighted by Crippen LogP contribution is -2.33. The number of carbonyl (C=O) groups excluding carboxylic acids is 1. The maximum Gasteiger partial charge on any atom is 0.405 e. The summed E-state index contributed by atoms with van der Waals surface area (Å²) in [6, 6.07) is 7.20. The number of benzene rings is 1. The maximum absolute atomic E-state index is 12.2. The van der Waals surface area contributed by atoms with Crippen molar-refractivity contribution in [2.24, 2.45) is 0 Å². The first-order valence-electron chi connectivity index (χ1n) is 6.85. The Balaban J connectivity index is 2.27. The fourth-order valence-corrected chi connectivity index (χ4v) is 2.20. The summed E-state index contributed by atoms with van der Waals surface area (Å²) < 4.78 is 38.6.